The predicted molar refractivity (Wildman–Crippen MR) is 293 cm³/mol. The van der Waals surface area contributed by atoms with Gasteiger partial charge in [-0.1, -0.05) is 133 Å². The lowest BCUT2D eigenvalue weighted by molar-refractivity contribution is -0.303. The Morgan fingerprint density at radius 3 is 0.671 bits per heavy atom. The van der Waals surface area contributed by atoms with Crippen LogP contribution in [-0.4, -0.2) is 26.2 Å². The topological polar surface area (TPSA) is 98.7 Å². The molecule has 8 aromatic carbocycles. The molecule has 0 atom stereocenters. The summed E-state index contributed by atoms with van der Waals surface area (Å²) in [6, 6.07) is 71.0. The zero-order valence-electron chi connectivity index (χ0n) is 42.2. The van der Waals surface area contributed by atoms with Crippen molar-refractivity contribution >= 4 is 58.3 Å². The first-order chi connectivity index (χ1) is 33.6. The van der Waals surface area contributed by atoms with E-state index in [0.29, 0.717) is 0 Å². The largest absolute Gasteiger partial charge is 0.550 e. The monoisotopic (exact) mass is 968 g/mol. The maximum absolute atomic E-state index is 8.89. The highest BCUT2D eigenvalue weighted by atomic mass is 31.2. The summed E-state index contributed by atoms with van der Waals surface area (Å²) in [5.41, 5.74) is 10.8. The molecule has 0 saturated heterocycles. The summed E-state index contributed by atoms with van der Waals surface area (Å²) < 4.78 is 10.8. The van der Waals surface area contributed by atoms with E-state index in [1.807, 2.05) is 0 Å². The number of ether oxygens (including phenoxy) is 2. The summed E-state index contributed by atoms with van der Waals surface area (Å²) >= 11 is 0. The molecule has 0 unspecified atom stereocenters. The molecule has 8 rings (SSSR count). The van der Waals surface area contributed by atoms with Gasteiger partial charge in [-0.2, -0.15) is 0 Å². The van der Waals surface area contributed by atoms with Gasteiger partial charge in [-0.05, 0) is 161 Å². The van der Waals surface area contributed by atoms with Crippen molar-refractivity contribution in [1.82, 2.24) is 0 Å². The van der Waals surface area contributed by atoms with E-state index in [0.717, 1.165) is 37.7 Å². The first-order valence-electron chi connectivity index (χ1n) is 23.3. The van der Waals surface area contributed by atoms with Crippen LogP contribution in [0.1, 0.15) is 58.4 Å². The second-order valence-electron chi connectivity index (χ2n) is 17.3. The van der Waals surface area contributed by atoms with Crippen molar-refractivity contribution in [2.24, 2.45) is 0 Å². The van der Waals surface area contributed by atoms with Crippen LogP contribution in [0.2, 0.25) is 0 Å². The number of methoxy groups -OCH3 is 2. The predicted octanol–water partition coefficient (Wildman–Crippen LogP) is 9.74. The Kier molecular flexibility index (Phi) is 19.8. The lowest BCUT2D eigenvalue weighted by Gasteiger charge is -2.31. The fourth-order valence-corrected chi connectivity index (χ4v) is 19.4. The molecular weight excluding hydrogens is 903 g/mol. The van der Waals surface area contributed by atoms with Crippen LogP contribution in [0.3, 0.4) is 0 Å². The summed E-state index contributed by atoms with van der Waals surface area (Å²) in [7, 11) is -0.460. The molecule has 0 heterocycles. The Labute approximate surface area is 417 Å². The molecule has 0 bridgehead atoms. The van der Waals surface area contributed by atoms with Crippen molar-refractivity contribution in [3.05, 3.63) is 239 Å². The van der Waals surface area contributed by atoms with Crippen LogP contribution in [-0.2, 0) is 21.9 Å². The van der Waals surface area contributed by atoms with Crippen LogP contribution < -0.4 is 51.5 Å². The van der Waals surface area contributed by atoms with E-state index < -0.39 is 26.5 Å². The van der Waals surface area contributed by atoms with Gasteiger partial charge in [-0.25, -0.2) is 0 Å². The quantitative estimate of drug-likeness (QED) is 0.113. The fraction of sp³-hybridized carbons (Fsp3) is 0.194. The fourth-order valence-electron chi connectivity index (χ4n) is 9.25. The van der Waals surface area contributed by atoms with Crippen LogP contribution in [0, 0.1) is 41.5 Å². The molecule has 8 heteroatoms. The van der Waals surface area contributed by atoms with E-state index in [4.69, 9.17) is 29.3 Å². The van der Waals surface area contributed by atoms with Gasteiger partial charge in [0.25, 0.3) is 0 Å². The van der Waals surface area contributed by atoms with Gasteiger partial charge in [0, 0.05) is 11.9 Å². The molecule has 8 aromatic rings. The Balaban J connectivity index is 0.000000226. The first-order valence-corrected chi connectivity index (χ1v) is 27.3. The molecule has 360 valence electrons. The molecule has 0 fully saturated rings. The number of hydrogen-bond donors (Lipinski definition) is 0. The summed E-state index contributed by atoms with van der Waals surface area (Å²) in [6.45, 7) is 15.5. The molecule has 6 nitrogen and oxygen atoms in total. The van der Waals surface area contributed by atoms with Crippen LogP contribution >= 0.6 is 14.5 Å². The minimum Gasteiger partial charge on any atom is -0.550 e. The van der Waals surface area contributed by atoms with Crippen LogP contribution in [0.4, 0.5) is 0 Å². The van der Waals surface area contributed by atoms with Crippen molar-refractivity contribution in [2.45, 2.75) is 67.7 Å². The second kappa shape index (κ2) is 25.7. The number of carbonyl (C=O) groups is 2. The third-order valence-electron chi connectivity index (χ3n) is 12.3. The van der Waals surface area contributed by atoms with Crippen LogP contribution in [0.25, 0.3) is 0 Å². The summed E-state index contributed by atoms with van der Waals surface area (Å²) in [6.07, 6.45) is 1.97. The summed E-state index contributed by atoms with van der Waals surface area (Å²) in [5.74, 6) is -0.370. The van der Waals surface area contributed by atoms with Crippen molar-refractivity contribution in [3.8, 4) is 11.5 Å². The van der Waals surface area contributed by atoms with E-state index in [1.54, 1.807) is 14.2 Å². The molecule has 0 radical (unpaired) electrons. The van der Waals surface area contributed by atoms with Gasteiger partial charge in [0.1, 0.15) is 57.9 Å². The highest BCUT2D eigenvalue weighted by molar-refractivity contribution is 7.95. The normalized spacial score (nSPS) is 10.8. The molecule has 0 aliphatic carbocycles. The molecular formula is C62H66O6P2. The van der Waals surface area contributed by atoms with E-state index in [9.17, 15) is 0 Å². The SMILES string of the molecule is CC(=O)[O-].CC(=O)[O-].COc1ccc(C[P+](c2ccccc2C)(c2ccccc2C)c2ccccc2C)cc1.COc1ccc(C[P+](c2ccccc2C)(c2ccccc2C)c2ccccc2C)cc1. The van der Waals surface area contributed by atoms with Crippen molar-refractivity contribution < 1.29 is 29.3 Å². The Bertz CT molecular complexity index is 2530. The molecule has 0 amide bonds. The number of aliphatic carboxylic acids is 2. The molecule has 0 aliphatic heterocycles. The van der Waals surface area contributed by atoms with E-state index in [-0.39, 0.29) is 0 Å². The second-order valence-corrected chi connectivity index (χ2v) is 24.1. The van der Waals surface area contributed by atoms with Gasteiger partial charge in [-0.15, -0.1) is 0 Å². The summed E-state index contributed by atoms with van der Waals surface area (Å²) in [4.78, 5) is 17.8. The Morgan fingerprint density at radius 2 is 0.514 bits per heavy atom. The smallest absolute Gasteiger partial charge is 0.118 e. The highest BCUT2D eigenvalue weighted by Gasteiger charge is 2.49. The van der Waals surface area contributed by atoms with Gasteiger partial charge in [0.15, 0.2) is 0 Å². The van der Waals surface area contributed by atoms with Gasteiger partial charge < -0.3 is 29.3 Å². The highest BCUT2D eigenvalue weighted by Crippen LogP contribution is 2.61. The molecule has 70 heavy (non-hydrogen) atoms. The minimum atomic E-state index is -1.95. The Morgan fingerprint density at radius 1 is 0.343 bits per heavy atom. The number of aryl methyl sites for hydroxylation is 6. The van der Waals surface area contributed by atoms with Gasteiger partial charge in [0.2, 0.25) is 0 Å². The number of carboxylic acids is 2. The van der Waals surface area contributed by atoms with Crippen molar-refractivity contribution in [2.75, 3.05) is 14.2 Å². The zero-order valence-corrected chi connectivity index (χ0v) is 44.0. The van der Waals surface area contributed by atoms with Crippen molar-refractivity contribution in [1.29, 1.82) is 0 Å². The van der Waals surface area contributed by atoms with Gasteiger partial charge in [0.05, 0.1) is 26.5 Å². The maximum atomic E-state index is 8.89. The number of rotatable bonds is 12. The van der Waals surface area contributed by atoms with E-state index >= 15 is 0 Å². The van der Waals surface area contributed by atoms with E-state index in [2.05, 4.69) is 236 Å². The number of carboxylic acid groups (broad SMARTS) is 2. The standard InChI is InChI=1S/2C29H30OP.2C2H4O2/c2*1-22-11-5-8-14-27(22)31(28-15-9-6-12-23(28)2,29-16-10-7-13-24(29)3)21-25-17-19-26(30-4)20-18-25;2*1-2(3)4/h2*5-20H,21H2,1-4H3;2*1H3,(H,3,4)/q2*+1;;/p-2. The first kappa shape index (κ1) is 54.1. The van der Waals surface area contributed by atoms with Gasteiger partial charge >= 0.3 is 0 Å². The number of benzene rings is 8. The lowest BCUT2D eigenvalue weighted by atomic mass is 10.2. The average molecular weight is 969 g/mol. The molecule has 0 N–H and O–H groups in total. The number of carbonyl (C=O) groups excluding carboxylic acids is 2. The summed E-state index contributed by atoms with van der Waals surface area (Å²) in [5, 5.41) is 26.6. The van der Waals surface area contributed by atoms with Crippen LogP contribution in [0.5, 0.6) is 11.5 Å². The average Bonchev–Trinajstić information content (AvgIpc) is 3.34. The Hall–Kier alpha value is -6.84. The van der Waals surface area contributed by atoms with E-state index in [1.165, 1.54) is 76.3 Å². The van der Waals surface area contributed by atoms with Crippen LogP contribution in [0.15, 0.2) is 194 Å². The maximum Gasteiger partial charge on any atom is 0.118 e. The molecule has 0 aliphatic rings. The van der Waals surface area contributed by atoms with Gasteiger partial charge in [-0.3, -0.25) is 0 Å². The number of hydrogen-bond acceptors (Lipinski definition) is 6. The molecule has 0 spiro atoms. The third kappa shape index (κ3) is 13.3. The van der Waals surface area contributed by atoms with Crippen molar-refractivity contribution in [3.63, 3.8) is 0 Å². The minimum absolute atomic E-state index is 0.898. The zero-order chi connectivity index (χ0) is 50.8. The lowest BCUT2D eigenvalue weighted by Crippen LogP contribution is -2.36. The molecule has 0 saturated carbocycles. The third-order valence-corrected chi connectivity index (χ3v) is 21.9. The molecule has 0 aromatic heterocycles.